The first-order valence-electron chi connectivity index (χ1n) is 29.5. The van der Waals surface area contributed by atoms with Crippen molar-refractivity contribution < 1.29 is 28.6 Å². The van der Waals surface area contributed by atoms with Crippen LogP contribution in [0.1, 0.15) is 258 Å². The van der Waals surface area contributed by atoms with Gasteiger partial charge in [0.1, 0.15) is 13.2 Å². The third-order valence-electron chi connectivity index (χ3n) is 12.2. The van der Waals surface area contributed by atoms with E-state index in [0.29, 0.717) is 19.3 Å². The van der Waals surface area contributed by atoms with Gasteiger partial charge in [-0.2, -0.15) is 0 Å². The zero-order chi connectivity index (χ0) is 52.2. The number of unbranched alkanes of at least 4 members (excludes halogenated alkanes) is 21. The Morgan fingerprint density at radius 3 is 0.972 bits per heavy atom. The molecule has 0 aromatic rings. The van der Waals surface area contributed by atoms with Crippen LogP contribution in [0.4, 0.5) is 0 Å². The highest BCUT2D eigenvalue weighted by Gasteiger charge is 2.19. The maximum absolute atomic E-state index is 12.9. The lowest BCUT2D eigenvalue weighted by molar-refractivity contribution is -0.166. The molecule has 0 heterocycles. The minimum Gasteiger partial charge on any atom is -0.462 e. The van der Waals surface area contributed by atoms with Crippen LogP contribution >= 0.6 is 0 Å². The molecule has 0 rings (SSSR count). The van der Waals surface area contributed by atoms with Crippen LogP contribution in [0.25, 0.3) is 0 Å². The average molecular weight is 998 g/mol. The minimum atomic E-state index is -0.833. The molecule has 0 amide bonds. The molecule has 0 N–H and O–H groups in total. The van der Waals surface area contributed by atoms with Gasteiger partial charge in [0.25, 0.3) is 0 Å². The molecule has 0 aliphatic carbocycles. The SMILES string of the molecule is CC/C=C/C/C=C/C/C=C/C/C=C/C/C=C/C/C=C/CCC(=O)OC[C@@H](COC(=O)CCC/C=C/C/C=C/C/C=C/C/C=C/CCCCC)OC(=O)CCCCCCCCCCCCCCCCCCCC. The molecule has 6 nitrogen and oxygen atoms in total. The van der Waals surface area contributed by atoms with Crippen LogP contribution in [0.2, 0.25) is 0 Å². The van der Waals surface area contributed by atoms with E-state index < -0.39 is 6.10 Å². The highest BCUT2D eigenvalue weighted by Crippen LogP contribution is 2.15. The van der Waals surface area contributed by atoms with E-state index in [1.54, 1.807) is 0 Å². The van der Waals surface area contributed by atoms with Crippen LogP contribution in [-0.2, 0) is 28.6 Å². The fourth-order valence-electron chi connectivity index (χ4n) is 7.81. The Hall–Kier alpha value is -4.19. The van der Waals surface area contributed by atoms with E-state index in [2.05, 4.69) is 136 Å². The molecule has 0 fully saturated rings. The molecule has 0 unspecified atom stereocenters. The number of carbonyl (C=O) groups excluding carboxylic acids is 3. The molecule has 0 radical (unpaired) electrons. The number of carbonyl (C=O) groups is 3. The first-order valence-corrected chi connectivity index (χ1v) is 29.5. The standard InChI is InChI=1S/C66H108O6/c1-4-7-10-13-16-19-22-25-28-31-33-36-38-41-44-47-50-53-56-59-65(68)71-62-63(61-70-64(67)58-55-52-49-46-43-40-37-34-30-27-24-21-18-15-12-9-6-3)72-66(69)60-57-54-51-48-45-42-39-35-32-29-26-23-20-17-14-11-8-5-2/h7,10,16,18-19,21,25,27-28,30,33,36-37,40-41,44,46,49-50,53,63H,4-6,8-9,11-15,17,20,22-24,26,29,31-32,34-35,38-39,42-43,45,47-48,51-52,54-62H2,1-3H3/b10-7+,19-16+,21-18+,28-25+,30-27+,36-33+,40-37+,44-41+,49-46+,53-50+/t63-/m1/s1. The summed E-state index contributed by atoms with van der Waals surface area (Å²) in [4.78, 5) is 38.2. The van der Waals surface area contributed by atoms with Crippen molar-refractivity contribution in [2.45, 2.75) is 264 Å². The third kappa shape index (κ3) is 56.7. The van der Waals surface area contributed by atoms with Crippen LogP contribution in [0, 0.1) is 0 Å². The van der Waals surface area contributed by atoms with Gasteiger partial charge in [0.15, 0.2) is 6.10 Å². The van der Waals surface area contributed by atoms with Gasteiger partial charge in [-0.25, -0.2) is 0 Å². The summed E-state index contributed by atoms with van der Waals surface area (Å²) >= 11 is 0. The van der Waals surface area contributed by atoms with Crippen molar-refractivity contribution in [2.24, 2.45) is 0 Å². The molecule has 0 bridgehead atoms. The monoisotopic (exact) mass is 997 g/mol. The predicted octanol–water partition coefficient (Wildman–Crippen LogP) is 20.0. The molecule has 0 saturated heterocycles. The second-order valence-corrected chi connectivity index (χ2v) is 19.2. The number of esters is 3. The van der Waals surface area contributed by atoms with Crippen LogP contribution < -0.4 is 0 Å². The zero-order valence-electron chi connectivity index (χ0n) is 46.7. The summed E-state index contributed by atoms with van der Waals surface area (Å²) in [5.41, 5.74) is 0. The van der Waals surface area contributed by atoms with E-state index >= 15 is 0 Å². The first kappa shape index (κ1) is 67.8. The second-order valence-electron chi connectivity index (χ2n) is 19.2. The summed E-state index contributed by atoms with van der Waals surface area (Å²) in [6.45, 7) is 6.40. The lowest BCUT2D eigenvalue weighted by Crippen LogP contribution is -2.30. The number of hydrogen-bond acceptors (Lipinski definition) is 6. The first-order chi connectivity index (χ1) is 35.5. The van der Waals surface area contributed by atoms with Gasteiger partial charge in [-0.3, -0.25) is 14.4 Å². The van der Waals surface area contributed by atoms with E-state index in [1.165, 1.54) is 122 Å². The fourth-order valence-corrected chi connectivity index (χ4v) is 7.81. The summed E-state index contributed by atoms with van der Waals surface area (Å²) < 4.78 is 16.8. The largest absolute Gasteiger partial charge is 0.462 e. The van der Waals surface area contributed by atoms with Crippen molar-refractivity contribution in [3.63, 3.8) is 0 Å². The highest BCUT2D eigenvalue weighted by atomic mass is 16.6. The number of ether oxygens (including phenoxy) is 3. The van der Waals surface area contributed by atoms with Crippen molar-refractivity contribution >= 4 is 17.9 Å². The molecule has 0 aromatic heterocycles. The Labute approximate surface area is 443 Å². The molecule has 6 heteroatoms. The third-order valence-corrected chi connectivity index (χ3v) is 12.2. The van der Waals surface area contributed by atoms with Gasteiger partial charge >= 0.3 is 17.9 Å². The van der Waals surface area contributed by atoms with E-state index in [1.807, 2.05) is 6.08 Å². The van der Waals surface area contributed by atoms with Gasteiger partial charge < -0.3 is 14.2 Å². The molecule has 1 atom stereocenters. The molecule has 72 heavy (non-hydrogen) atoms. The second kappa shape index (κ2) is 59.4. The zero-order valence-corrected chi connectivity index (χ0v) is 46.7. The lowest BCUT2D eigenvalue weighted by atomic mass is 10.0. The summed E-state index contributed by atoms with van der Waals surface area (Å²) in [5, 5.41) is 0. The van der Waals surface area contributed by atoms with Gasteiger partial charge in [-0.05, 0) is 96.3 Å². The number of allylic oxidation sites excluding steroid dienone is 20. The molecular formula is C66H108O6. The van der Waals surface area contributed by atoms with Crippen molar-refractivity contribution in [2.75, 3.05) is 13.2 Å². The molecule has 0 aliphatic rings. The summed E-state index contributed by atoms with van der Waals surface area (Å²) in [7, 11) is 0. The molecule has 0 aliphatic heterocycles. The lowest BCUT2D eigenvalue weighted by Gasteiger charge is -2.18. The van der Waals surface area contributed by atoms with E-state index in [4.69, 9.17) is 14.2 Å². The summed E-state index contributed by atoms with van der Waals surface area (Å²) in [6.07, 6.45) is 82.1. The van der Waals surface area contributed by atoms with Gasteiger partial charge in [-0.1, -0.05) is 264 Å². The highest BCUT2D eigenvalue weighted by molar-refractivity contribution is 5.71. The van der Waals surface area contributed by atoms with Crippen molar-refractivity contribution in [1.29, 1.82) is 0 Å². The van der Waals surface area contributed by atoms with Crippen LogP contribution in [0.5, 0.6) is 0 Å². The van der Waals surface area contributed by atoms with Gasteiger partial charge in [0, 0.05) is 19.3 Å². The van der Waals surface area contributed by atoms with Crippen molar-refractivity contribution in [1.82, 2.24) is 0 Å². The van der Waals surface area contributed by atoms with Crippen LogP contribution in [0.3, 0.4) is 0 Å². The summed E-state index contributed by atoms with van der Waals surface area (Å²) in [6, 6.07) is 0. The minimum absolute atomic E-state index is 0.131. The Kier molecular flexibility index (Phi) is 55.9. The smallest absolute Gasteiger partial charge is 0.306 e. The van der Waals surface area contributed by atoms with Crippen molar-refractivity contribution in [3.05, 3.63) is 122 Å². The molecular weight excluding hydrogens is 889 g/mol. The summed E-state index contributed by atoms with van der Waals surface area (Å²) in [5.74, 6) is -1.06. The fraction of sp³-hybridized carbons (Fsp3) is 0.652. The normalized spacial score (nSPS) is 13.0. The van der Waals surface area contributed by atoms with Crippen LogP contribution in [0.15, 0.2) is 122 Å². The maximum Gasteiger partial charge on any atom is 0.306 e. The quantitative estimate of drug-likeness (QED) is 0.0261. The van der Waals surface area contributed by atoms with E-state index in [-0.39, 0.29) is 44.0 Å². The molecule has 0 aromatic carbocycles. The Bertz CT molecular complexity index is 1520. The molecule has 0 saturated carbocycles. The average Bonchev–Trinajstić information content (AvgIpc) is 3.38. The predicted molar refractivity (Wildman–Crippen MR) is 311 cm³/mol. The van der Waals surface area contributed by atoms with Gasteiger partial charge in [0.2, 0.25) is 0 Å². The Balaban J connectivity index is 4.57. The number of rotatable bonds is 52. The topological polar surface area (TPSA) is 78.9 Å². The van der Waals surface area contributed by atoms with E-state index in [0.717, 1.165) is 83.5 Å². The van der Waals surface area contributed by atoms with Crippen molar-refractivity contribution in [3.8, 4) is 0 Å². The van der Waals surface area contributed by atoms with Gasteiger partial charge in [-0.15, -0.1) is 0 Å². The van der Waals surface area contributed by atoms with Crippen LogP contribution in [-0.4, -0.2) is 37.2 Å². The Morgan fingerprint density at radius 1 is 0.292 bits per heavy atom. The Morgan fingerprint density at radius 2 is 0.583 bits per heavy atom. The van der Waals surface area contributed by atoms with Gasteiger partial charge in [0.05, 0.1) is 0 Å². The number of hydrogen-bond donors (Lipinski definition) is 0. The molecule has 408 valence electrons. The maximum atomic E-state index is 12.9. The molecule has 0 spiro atoms. The van der Waals surface area contributed by atoms with E-state index in [9.17, 15) is 14.4 Å².